The van der Waals surface area contributed by atoms with Crippen LogP contribution in [-0.4, -0.2) is 63.8 Å². The molecular weight excluding hydrogens is 264 g/mol. The largest absolute Gasteiger partial charge is 0.374 e. The minimum atomic E-state index is 0.235. The number of para-hydroxylation sites is 1. The Labute approximate surface area is 126 Å². The van der Waals surface area contributed by atoms with E-state index in [1.807, 2.05) is 7.05 Å². The Bertz CT molecular complexity index is 517. The SMILES string of the molecule is CN=C(NCC1CN(C)CCO1)N1CCc2ccccc21. The molecule has 21 heavy (non-hydrogen) atoms. The zero-order valence-corrected chi connectivity index (χ0v) is 12.9. The molecule has 5 nitrogen and oxygen atoms in total. The fourth-order valence-corrected chi connectivity index (χ4v) is 3.05. The van der Waals surface area contributed by atoms with E-state index < -0.39 is 0 Å². The molecule has 2 heterocycles. The van der Waals surface area contributed by atoms with Crippen molar-refractivity contribution in [2.75, 3.05) is 51.8 Å². The molecule has 0 aromatic heterocycles. The summed E-state index contributed by atoms with van der Waals surface area (Å²) in [6.45, 7) is 4.60. The molecular formula is C16H24N4O. The van der Waals surface area contributed by atoms with Crippen molar-refractivity contribution in [2.24, 2.45) is 4.99 Å². The van der Waals surface area contributed by atoms with Crippen molar-refractivity contribution in [3.05, 3.63) is 29.8 Å². The molecule has 0 bridgehead atoms. The highest BCUT2D eigenvalue weighted by Gasteiger charge is 2.24. The number of hydrogen-bond donors (Lipinski definition) is 1. The van der Waals surface area contributed by atoms with Crippen LogP contribution >= 0.6 is 0 Å². The summed E-state index contributed by atoms with van der Waals surface area (Å²) in [6.07, 6.45) is 1.32. The fraction of sp³-hybridized carbons (Fsp3) is 0.562. The number of ether oxygens (including phenoxy) is 1. The van der Waals surface area contributed by atoms with Crippen molar-refractivity contribution >= 4 is 11.6 Å². The number of nitrogens with zero attached hydrogens (tertiary/aromatic N) is 3. The number of hydrogen-bond acceptors (Lipinski definition) is 3. The highest BCUT2D eigenvalue weighted by molar-refractivity contribution is 5.97. The van der Waals surface area contributed by atoms with Crippen molar-refractivity contribution in [1.82, 2.24) is 10.2 Å². The second-order valence-electron chi connectivity index (χ2n) is 5.71. The van der Waals surface area contributed by atoms with Crippen molar-refractivity contribution in [3.8, 4) is 0 Å². The molecule has 1 N–H and O–H groups in total. The van der Waals surface area contributed by atoms with Gasteiger partial charge in [0, 0.05) is 38.9 Å². The van der Waals surface area contributed by atoms with Gasteiger partial charge in [0.2, 0.25) is 0 Å². The summed E-state index contributed by atoms with van der Waals surface area (Å²) >= 11 is 0. The smallest absolute Gasteiger partial charge is 0.198 e. The lowest BCUT2D eigenvalue weighted by Gasteiger charge is -2.31. The molecule has 114 valence electrons. The molecule has 1 unspecified atom stereocenters. The number of morpholine rings is 1. The van der Waals surface area contributed by atoms with Gasteiger partial charge in [0.1, 0.15) is 0 Å². The first-order valence-electron chi connectivity index (χ1n) is 7.64. The number of guanidine groups is 1. The van der Waals surface area contributed by atoms with Crippen LogP contribution in [0.1, 0.15) is 5.56 Å². The predicted molar refractivity (Wildman–Crippen MR) is 86.1 cm³/mol. The van der Waals surface area contributed by atoms with Gasteiger partial charge in [-0.2, -0.15) is 0 Å². The third-order valence-corrected chi connectivity index (χ3v) is 4.18. The number of benzene rings is 1. The number of likely N-dealkylation sites (N-methyl/N-ethyl adjacent to an activating group) is 1. The average Bonchev–Trinajstić information content (AvgIpc) is 2.92. The molecule has 1 fully saturated rings. The highest BCUT2D eigenvalue weighted by Crippen LogP contribution is 2.27. The lowest BCUT2D eigenvalue weighted by atomic mass is 10.2. The minimum Gasteiger partial charge on any atom is -0.374 e. The number of nitrogens with one attached hydrogen (secondary N) is 1. The van der Waals surface area contributed by atoms with Crippen LogP contribution < -0.4 is 10.2 Å². The standard InChI is InChI=1S/C16H24N4O/c1-17-16(18-11-14-12-19(2)9-10-21-14)20-8-7-13-5-3-4-6-15(13)20/h3-6,14H,7-12H2,1-2H3,(H,17,18). The van der Waals surface area contributed by atoms with Gasteiger partial charge in [-0.25, -0.2) is 0 Å². The number of rotatable bonds is 2. The quantitative estimate of drug-likeness (QED) is 0.650. The van der Waals surface area contributed by atoms with Gasteiger partial charge >= 0.3 is 0 Å². The van der Waals surface area contributed by atoms with E-state index >= 15 is 0 Å². The summed E-state index contributed by atoms with van der Waals surface area (Å²) < 4.78 is 5.80. The molecule has 3 rings (SSSR count). The van der Waals surface area contributed by atoms with Crippen LogP contribution in [0.4, 0.5) is 5.69 Å². The molecule has 2 aliphatic heterocycles. The first kappa shape index (κ1) is 14.4. The van der Waals surface area contributed by atoms with Gasteiger partial charge in [-0.05, 0) is 25.1 Å². The summed E-state index contributed by atoms with van der Waals surface area (Å²) in [6, 6.07) is 8.55. The maximum atomic E-state index is 5.80. The van der Waals surface area contributed by atoms with Gasteiger partial charge in [0.05, 0.1) is 12.7 Å². The van der Waals surface area contributed by atoms with Crippen molar-refractivity contribution in [2.45, 2.75) is 12.5 Å². The molecule has 1 saturated heterocycles. The molecule has 5 heteroatoms. The van der Waals surface area contributed by atoms with Gasteiger partial charge in [-0.3, -0.25) is 4.99 Å². The van der Waals surface area contributed by atoms with Crippen molar-refractivity contribution in [3.63, 3.8) is 0 Å². The van der Waals surface area contributed by atoms with Gasteiger partial charge in [-0.1, -0.05) is 18.2 Å². The molecule has 1 aromatic carbocycles. The van der Waals surface area contributed by atoms with Crippen LogP contribution in [0.15, 0.2) is 29.3 Å². The average molecular weight is 288 g/mol. The Hall–Kier alpha value is -1.59. The summed E-state index contributed by atoms with van der Waals surface area (Å²) in [5.41, 5.74) is 2.67. The maximum absolute atomic E-state index is 5.80. The normalized spacial score (nSPS) is 23.2. The van der Waals surface area contributed by atoms with Crippen LogP contribution in [0.25, 0.3) is 0 Å². The van der Waals surface area contributed by atoms with Crippen LogP contribution in [-0.2, 0) is 11.2 Å². The predicted octanol–water partition coefficient (Wildman–Crippen LogP) is 0.955. The highest BCUT2D eigenvalue weighted by atomic mass is 16.5. The summed E-state index contributed by atoms with van der Waals surface area (Å²) in [5.74, 6) is 0.941. The van der Waals surface area contributed by atoms with E-state index in [9.17, 15) is 0 Å². The number of fused-ring (bicyclic) bond motifs is 1. The lowest BCUT2D eigenvalue weighted by Crippen LogP contribution is -2.49. The fourth-order valence-electron chi connectivity index (χ4n) is 3.05. The van der Waals surface area contributed by atoms with E-state index in [4.69, 9.17) is 4.74 Å². The van der Waals surface area contributed by atoms with Crippen molar-refractivity contribution in [1.29, 1.82) is 0 Å². The Kier molecular flexibility index (Phi) is 4.41. The number of aliphatic imine (C=N–C) groups is 1. The summed E-state index contributed by atoms with van der Waals surface area (Å²) in [5, 5.41) is 3.47. The molecule has 0 radical (unpaired) electrons. The van der Waals surface area contributed by atoms with Crippen LogP contribution in [0, 0.1) is 0 Å². The van der Waals surface area contributed by atoms with E-state index in [2.05, 4.69) is 51.4 Å². The van der Waals surface area contributed by atoms with Crippen molar-refractivity contribution < 1.29 is 4.74 Å². The zero-order valence-electron chi connectivity index (χ0n) is 12.9. The van der Waals surface area contributed by atoms with Gasteiger partial charge in [-0.15, -0.1) is 0 Å². The van der Waals surface area contributed by atoms with E-state index in [1.165, 1.54) is 11.3 Å². The van der Waals surface area contributed by atoms with Gasteiger partial charge in [0.25, 0.3) is 0 Å². The lowest BCUT2D eigenvalue weighted by molar-refractivity contribution is -0.0160. The zero-order chi connectivity index (χ0) is 14.7. The third kappa shape index (κ3) is 3.19. The minimum absolute atomic E-state index is 0.235. The molecule has 1 aromatic rings. The molecule has 0 saturated carbocycles. The van der Waals surface area contributed by atoms with E-state index in [-0.39, 0.29) is 6.10 Å². The second kappa shape index (κ2) is 6.45. The Morgan fingerprint density at radius 2 is 2.24 bits per heavy atom. The van der Waals surface area contributed by atoms with Crippen LogP contribution in [0.2, 0.25) is 0 Å². The molecule has 0 aliphatic carbocycles. The maximum Gasteiger partial charge on any atom is 0.198 e. The number of anilines is 1. The van der Waals surface area contributed by atoms with E-state index in [0.717, 1.165) is 45.2 Å². The van der Waals surface area contributed by atoms with E-state index in [1.54, 1.807) is 0 Å². The molecule has 2 aliphatic rings. The van der Waals surface area contributed by atoms with Gasteiger partial charge < -0.3 is 19.9 Å². The van der Waals surface area contributed by atoms with Crippen LogP contribution in [0.3, 0.4) is 0 Å². The topological polar surface area (TPSA) is 40.1 Å². The molecule has 1 atom stereocenters. The second-order valence-corrected chi connectivity index (χ2v) is 5.71. The third-order valence-electron chi connectivity index (χ3n) is 4.18. The van der Waals surface area contributed by atoms with Gasteiger partial charge in [0.15, 0.2) is 5.96 Å². The molecule has 0 spiro atoms. The Morgan fingerprint density at radius 3 is 3.05 bits per heavy atom. The Balaban J connectivity index is 1.62. The first-order valence-corrected chi connectivity index (χ1v) is 7.64. The molecule has 0 amide bonds. The first-order chi connectivity index (χ1) is 10.3. The van der Waals surface area contributed by atoms with Crippen LogP contribution in [0.5, 0.6) is 0 Å². The van der Waals surface area contributed by atoms with E-state index in [0.29, 0.717) is 0 Å². The monoisotopic (exact) mass is 288 g/mol. The Morgan fingerprint density at radius 1 is 1.38 bits per heavy atom. The summed E-state index contributed by atoms with van der Waals surface area (Å²) in [4.78, 5) is 9.01. The summed E-state index contributed by atoms with van der Waals surface area (Å²) in [7, 11) is 3.98.